The van der Waals surface area contributed by atoms with Gasteiger partial charge in [-0.3, -0.25) is 9.59 Å². The third-order valence-electron chi connectivity index (χ3n) is 11.7. The summed E-state index contributed by atoms with van der Waals surface area (Å²) < 4.78 is 57.0. The molecule has 13 heteroatoms. The van der Waals surface area contributed by atoms with E-state index in [0.717, 1.165) is 0 Å². The minimum atomic E-state index is -2.27. The number of hydrogen-bond acceptors (Lipinski definition) is 11. The largest absolute Gasteiger partial charge is 0.394 e. The predicted octanol–water partition coefficient (Wildman–Crippen LogP) is 0.415. The lowest BCUT2D eigenvalue weighted by atomic mass is 9.43. The fourth-order valence-corrected chi connectivity index (χ4v) is 9.63. The van der Waals surface area contributed by atoms with Crippen LogP contribution in [0.25, 0.3) is 0 Å². The number of ether oxygens (including phenoxy) is 4. The van der Waals surface area contributed by atoms with E-state index in [4.69, 9.17) is 18.9 Å². The molecule has 0 aromatic heterocycles. The van der Waals surface area contributed by atoms with Crippen LogP contribution < -0.4 is 0 Å². The Morgan fingerprint density at radius 3 is 2.44 bits per heavy atom. The van der Waals surface area contributed by atoms with Crippen LogP contribution in [0.15, 0.2) is 11.6 Å². The zero-order valence-electron chi connectivity index (χ0n) is 24.7. The molecule has 6 rings (SSSR count). The highest BCUT2D eigenvalue weighted by atomic mass is 19.1. The molecular weight excluding hydrogens is 574 g/mol. The van der Waals surface area contributed by atoms with Gasteiger partial charge in [-0.25, -0.2) is 8.78 Å². The lowest BCUT2D eigenvalue weighted by molar-refractivity contribution is -0.301. The number of rotatable bonds is 5. The second-order valence-electron chi connectivity index (χ2n) is 14.2. The van der Waals surface area contributed by atoms with Gasteiger partial charge in [0.2, 0.25) is 0 Å². The first-order valence-electron chi connectivity index (χ1n) is 15.1. The molecule has 0 aromatic rings. The van der Waals surface area contributed by atoms with Gasteiger partial charge in [0.1, 0.15) is 42.9 Å². The number of alkyl halides is 2. The SMILES string of the molecule is CC1(C)O[C@@H]2C[C@H]3[C@@H]4C[C@H](F)C5=CC(=O)CC[C@]5(C)[C@@]4(F)[C@@H](O)C[C@]3(C)[C@]2(C(=O)CO[C@@H]2O[C@H](CO)[C@@H](O)[C@H](O)[C@H]2O)O1. The standard InChI is InChI=1S/C30H42F2O11/c1-26(2)42-21-9-14-15-8-17(31)16-7-13(34)5-6-27(16,3)29(15,32)19(35)10-28(14,4)30(21,43-26)20(36)12-40-25-24(39)23(38)22(37)18(11-33)41-25/h7,14-15,17-19,21-25,33,35,37-39H,5-6,8-12H2,1-4H3/t14-,15-,17-,18+,19-,21+,22+,23-,24+,25+,27-,28-,29-,30+/m0/s1. The highest BCUT2D eigenvalue weighted by Crippen LogP contribution is 2.73. The molecule has 4 aliphatic carbocycles. The van der Waals surface area contributed by atoms with Gasteiger partial charge in [-0.2, -0.15) is 0 Å². The van der Waals surface area contributed by atoms with Crippen molar-refractivity contribution in [2.24, 2.45) is 22.7 Å². The van der Waals surface area contributed by atoms with E-state index < -0.39 is 108 Å². The molecule has 11 nitrogen and oxygen atoms in total. The monoisotopic (exact) mass is 616 g/mol. The summed E-state index contributed by atoms with van der Waals surface area (Å²) in [5.41, 5.74) is -6.58. The van der Waals surface area contributed by atoms with Crippen molar-refractivity contribution in [2.75, 3.05) is 13.2 Å². The number of Topliss-reactive ketones (excluding diaryl/α,β-unsaturated/α-hetero) is 1. The summed E-state index contributed by atoms with van der Waals surface area (Å²) in [6, 6.07) is 0. The van der Waals surface area contributed by atoms with Crippen LogP contribution in [0.3, 0.4) is 0 Å². The fourth-order valence-electron chi connectivity index (χ4n) is 9.63. The molecule has 3 saturated carbocycles. The highest BCUT2D eigenvalue weighted by Gasteiger charge is 2.80. The lowest BCUT2D eigenvalue weighted by Crippen LogP contribution is -2.71. The third-order valence-corrected chi connectivity index (χ3v) is 11.7. The Morgan fingerprint density at radius 1 is 1.07 bits per heavy atom. The zero-order chi connectivity index (χ0) is 31.5. The smallest absolute Gasteiger partial charge is 0.193 e. The van der Waals surface area contributed by atoms with Crippen molar-refractivity contribution in [1.29, 1.82) is 0 Å². The van der Waals surface area contributed by atoms with E-state index in [-0.39, 0.29) is 43.5 Å². The molecular formula is C30H42F2O11. The first-order chi connectivity index (χ1) is 20.0. The average molecular weight is 617 g/mol. The number of halogens is 2. The molecule has 0 amide bonds. The summed E-state index contributed by atoms with van der Waals surface area (Å²) >= 11 is 0. The van der Waals surface area contributed by atoms with Gasteiger partial charge in [0.25, 0.3) is 0 Å². The first kappa shape index (κ1) is 31.6. The van der Waals surface area contributed by atoms with Gasteiger partial charge >= 0.3 is 0 Å². The van der Waals surface area contributed by atoms with Crippen LogP contribution in [0.1, 0.15) is 59.8 Å². The molecule has 14 atom stereocenters. The first-order valence-corrected chi connectivity index (χ1v) is 15.1. The Balaban J connectivity index is 1.34. The Morgan fingerprint density at radius 2 is 1.77 bits per heavy atom. The minimum Gasteiger partial charge on any atom is -0.394 e. The zero-order valence-corrected chi connectivity index (χ0v) is 24.7. The minimum absolute atomic E-state index is 0.0422. The normalized spacial score (nSPS) is 53.8. The van der Waals surface area contributed by atoms with E-state index in [1.807, 2.05) is 0 Å². The van der Waals surface area contributed by atoms with Crippen molar-refractivity contribution < 1.29 is 62.8 Å². The molecule has 242 valence electrons. The van der Waals surface area contributed by atoms with Crippen LogP contribution in [0.4, 0.5) is 8.78 Å². The molecule has 0 bridgehead atoms. The molecule has 2 aliphatic heterocycles. The summed E-state index contributed by atoms with van der Waals surface area (Å²) in [4.78, 5) is 26.4. The van der Waals surface area contributed by atoms with E-state index in [9.17, 15) is 35.1 Å². The highest BCUT2D eigenvalue weighted by molar-refractivity contribution is 5.92. The van der Waals surface area contributed by atoms with Gasteiger partial charge in [0.05, 0.1) is 18.8 Å². The maximum absolute atomic E-state index is 17.6. The molecule has 0 unspecified atom stereocenters. The Labute approximate surface area is 248 Å². The number of allylic oxidation sites excluding steroid dienone is 1. The maximum Gasteiger partial charge on any atom is 0.193 e. The average Bonchev–Trinajstić information content (AvgIpc) is 3.35. The predicted molar refractivity (Wildman–Crippen MR) is 142 cm³/mol. The van der Waals surface area contributed by atoms with Crippen LogP contribution >= 0.6 is 0 Å². The maximum atomic E-state index is 17.6. The topological polar surface area (TPSA) is 172 Å². The molecule has 0 radical (unpaired) electrons. The number of aliphatic hydroxyl groups is 5. The molecule has 2 saturated heterocycles. The van der Waals surface area contributed by atoms with Gasteiger partial charge in [-0.1, -0.05) is 13.8 Å². The Hall–Kier alpha value is -1.42. The molecule has 2 heterocycles. The molecule has 5 N–H and O–H groups in total. The third kappa shape index (κ3) is 4.09. The molecule has 5 fully saturated rings. The number of fused-ring (bicyclic) bond motifs is 7. The van der Waals surface area contributed by atoms with Crippen LogP contribution in [0, 0.1) is 22.7 Å². The van der Waals surface area contributed by atoms with Crippen LogP contribution in [-0.2, 0) is 28.5 Å². The second kappa shape index (κ2) is 10.0. The number of ketones is 2. The van der Waals surface area contributed by atoms with E-state index in [2.05, 4.69) is 0 Å². The fraction of sp³-hybridized carbons (Fsp3) is 0.867. The van der Waals surface area contributed by atoms with Gasteiger partial charge < -0.3 is 44.5 Å². The summed E-state index contributed by atoms with van der Waals surface area (Å²) in [5.74, 6) is -3.80. The van der Waals surface area contributed by atoms with Gasteiger partial charge in [0, 0.05) is 23.2 Å². The number of carbonyl (C=O) groups is 2. The van der Waals surface area contributed by atoms with Crippen molar-refractivity contribution in [1.82, 2.24) is 0 Å². The van der Waals surface area contributed by atoms with Crippen LogP contribution in [0.2, 0.25) is 0 Å². The van der Waals surface area contributed by atoms with Crippen molar-refractivity contribution in [3.8, 4) is 0 Å². The van der Waals surface area contributed by atoms with Gasteiger partial charge in [0.15, 0.2) is 29.2 Å². The Kier molecular flexibility index (Phi) is 7.37. The number of aliphatic hydroxyl groups excluding tert-OH is 5. The summed E-state index contributed by atoms with van der Waals surface area (Å²) in [6.45, 7) is 5.18. The van der Waals surface area contributed by atoms with Crippen LogP contribution in [0.5, 0.6) is 0 Å². The van der Waals surface area contributed by atoms with E-state index in [0.29, 0.717) is 0 Å². The summed E-state index contributed by atoms with van der Waals surface area (Å²) in [7, 11) is 0. The van der Waals surface area contributed by atoms with Crippen molar-refractivity contribution in [3.05, 3.63) is 11.6 Å². The molecule has 6 aliphatic rings. The Bertz CT molecular complexity index is 1210. The molecule has 0 aromatic carbocycles. The number of hydrogen-bond donors (Lipinski definition) is 5. The van der Waals surface area contributed by atoms with Gasteiger partial charge in [-0.15, -0.1) is 0 Å². The summed E-state index contributed by atoms with van der Waals surface area (Å²) in [6.07, 6.45) is -11.0. The number of carbonyl (C=O) groups excluding carboxylic acids is 2. The lowest BCUT2D eigenvalue weighted by Gasteiger charge is -2.64. The van der Waals surface area contributed by atoms with E-state index in [1.165, 1.54) is 6.08 Å². The van der Waals surface area contributed by atoms with Crippen molar-refractivity contribution in [3.63, 3.8) is 0 Å². The second-order valence-corrected chi connectivity index (χ2v) is 14.2. The summed E-state index contributed by atoms with van der Waals surface area (Å²) in [5, 5.41) is 51.8. The molecule has 0 spiro atoms. The molecule has 43 heavy (non-hydrogen) atoms. The van der Waals surface area contributed by atoms with Crippen molar-refractivity contribution in [2.45, 2.75) is 126 Å². The quantitative estimate of drug-likeness (QED) is 0.290. The van der Waals surface area contributed by atoms with E-state index in [1.54, 1.807) is 27.7 Å². The van der Waals surface area contributed by atoms with Crippen molar-refractivity contribution >= 4 is 11.6 Å². The van der Waals surface area contributed by atoms with E-state index >= 15 is 8.78 Å². The van der Waals surface area contributed by atoms with Gasteiger partial charge in [-0.05, 0) is 57.1 Å². The van der Waals surface area contributed by atoms with Crippen LogP contribution in [-0.4, -0.2) is 116 Å².